The van der Waals surface area contributed by atoms with Gasteiger partial charge in [-0.3, -0.25) is 4.90 Å². The van der Waals surface area contributed by atoms with Crippen LogP contribution in [0, 0.1) is 11.7 Å². The molecule has 0 amide bonds. The SMILES string of the molecule is CC(C)NCC1CCN(C)C1c1ccccc1F. The summed E-state index contributed by atoms with van der Waals surface area (Å²) in [7, 11) is 2.09. The second-order valence-corrected chi connectivity index (χ2v) is 5.56. The van der Waals surface area contributed by atoms with Crippen molar-refractivity contribution < 1.29 is 4.39 Å². The van der Waals surface area contributed by atoms with Crippen LogP contribution in [0.1, 0.15) is 31.9 Å². The quantitative estimate of drug-likeness (QED) is 0.884. The molecule has 1 aliphatic heterocycles. The number of nitrogens with one attached hydrogen (secondary N) is 1. The molecule has 1 aliphatic rings. The lowest BCUT2D eigenvalue weighted by Crippen LogP contribution is -2.32. The fourth-order valence-electron chi connectivity index (χ4n) is 2.83. The zero-order valence-electron chi connectivity index (χ0n) is 11.5. The van der Waals surface area contributed by atoms with E-state index in [-0.39, 0.29) is 11.9 Å². The third kappa shape index (κ3) is 2.90. The highest BCUT2D eigenvalue weighted by Crippen LogP contribution is 2.36. The number of nitrogens with zero attached hydrogens (tertiary/aromatic N) is 1. The lowest BCUT2D eigenvalue weighted by atomic mass is 9.93. The van der Waals surface area contributed by atoms with E-state index < -0.39 is 0 Å². The van der Waals surface area contributed by atoms with Crippen LogP contribution in [0.4, 0.5) is 4.39 Å². The van der Waals surface area contributed by atoms with Crippen LogP contribution in [-0.2, 0) is 0 Å². The Hall–Kier alpha value is -0.930. The highest BCUT2D eigenvalue weighted by molar-refractivity contribution is 5.23. The van der Waals surface area contributed by atoms with Gasteiger partial charge in [-0.2, -0.15) is 0 Å². The summed E-state index contributed by atoms with van der Waals surface area (Å²) in [5.74, 6) is 0.417. The van der Waals surface area contributed by atoms with E-state index in [0.717, 1.165) is 25.1 Å². The predicted molar refractivity (Wildman–Crippen MR) is 73.0 cm³/mol. The monoisotopic (exact) mass is 250 g/mol. The van der Waals surface area contributed by atoms with Gasteiger partial charge in [-0.25, -0.2) is 4.39 Å². The number of benzene rings is 1. The number of rotatable bonds is 4. The molecule has 0 radical (unpaired) electrons. The van der Waals surface area contributed by atoms with Gasteiger partial charge in [0.15, 0.2) is 0 Å². The van der Waals surface area contributed by atoms with Crippen LogP contribution in [0.15, 0.2) is 24.3 Å². The zero-order chi connectivity index (χ0) is 13.1. The summed E-state index contributed by atoms with van der Waals surface area (Å²) < 4.78 is 13.9. The fourth-order valence-corrected chi connectivity index (χ4v) is 2.83. The van der Waals surface area contributed by atoms with Crippen molar-refractivity contribution in [1.82, 2.24) is 10.2 Å². The molecule has 3 heteroatoms. The van der Waals surface area contributed by atoms with Crippen LogP contribution < -0.4 is 5.32 Å². The Bertz CT molecular complexity index is 392. The summed E-state index contributed by atoms with van der Waals surface area (Å²) in [6, 6.07) is 7.86. The van der Waals surface area contributed by atoms with Crippen molar-refractivity contribution in [2.45, 2.75) is 32.4 Å². The molecular weight excluding hydrogens is 227 g/mol. The van der Waals surface area contributed by atoms with Gasteiger partial charge in [0.1, 0.15) is 5.82 Å². The first-order chi connectivity index (χ1) is 8.59. The molecule has 1 heterocycles. The maximum atomic E-state index is 13.9. The van der Waals surface area contributed by atoms with E-state index in [9.17, 15) is 4.39 Å². The topological polar surface area (TPSA) is 15.3 Å². The number of hydrogen-bond acceptors (Lipinski definition) is 2. The molecule has 0 aromatic heterocycles. The average molecular weight is 250 g/mol. The maximum Gasteiger partial charge on any atom is 0.127 e. The van der Waals surface area contributed by atoms with Crippen molar-refractivity contribution in [2.24, 2.45) is 5.92 Å². The zero-order valence-corrected chi connectivity index (χ0v) is 11.5. The number of hydrogen-bond donors (Lipinski definition) is 1. The largest absolute Gasteiger partial charge is 0.314 e. The van der Waals surface area contributed by atoms with Crippen LogP contribution in [0.3, 0.4) is 0 Å². The van der Waals surface area contributed by atoms with E-state index in [1.54, 1.807) is 12.1 Å². The molecule has 1 aromatic carbocycles. The van der Waals surface area contributed by atoms with Crippen LogP contribution in [-0.4, -0.2) is 31.1 Å². The highest BCUT2D eigenvalue weighted by Gasteiger charge is 2.34. The molecule has 2 nitrogen and oxygen atoms in total. The van der Waals surface area contributed by atoms with Crippen LogP contribution >= 0.6 is 0 Å². The van der Waals surface area contributed by atoms with Crippen LogP contribution in [0.25, 0.3) is 0 Å². The lowest BCUT2D eigenvalue weighted by molar-refractivity contribution is 0.263. The first kappa shape index (κ1) is 13.5. The molecule has 2 atom stereocenters. The Labute approximate surface area is 109 Å². The Balaban J connectivity index is 2.15. The summed E-state index contributed by atoms with van der Waals surface area (Å²) in [6.07, 6.45) is 1.13. The maximum absolute atomic E-state index is 13.9. The molecule has 2 unspecified atom stereocenters. The first-order valence-electron chi connectivity index (χ1n) is 6.77. The minimum absolute atomic E-state index is 0.0780. The van der Waals surface area contributed by atoms with Crippen molar-refractivity contribution in [3.63, 3.8) is 0 Å². The summed E-state index contributed by atoms with van der Waals surface area (Å²) in [4.78, 5) is 2.27. The fraction of sp³-hybridized carbons (Fsp3) is 0.600. The van der Waals surface area contributed by atoms with E-state index in [1.807, 2.05) is 12.1 Å². The minimum atomic E-state index is -0.0780. The van der Waals surface area contributed by atoms with Crippen molar-refractivity contribution in [3.8, 4) is 0 Å². The molecule has 0 saturated carbocycles. The van der Waals surface area contributed by atoms with Gasteiger partial charge in [0.05, 0.1) is 0 Å². The smallest absolute Gasteiger partial charge is 0.127 e. The van der Waals surface area contributed by atoms with Crippen LogP contribution in [0.2, 0.25) is 0 Å². The molecule has 1 aromatic rings. The molecule has 1 saturated heterocycles. The first-order valence-corrected chi connectivity index (χ1v) is 6.77. The minimum Gasteiger partial charge on any atom is -0.314 e. The molecule has 0 spiro atoms. The molecule has 0 bridgehead atoms. The molecular formula is C15H23FN2. The summed E-state index contributed by atoms with van der Waals surface area (Å²) in [6.45, 7) is 6.30. The lowest BCUT2D eigenvalue weighted by Gasteiger charge is -2.26. The number of likely N-dealkylation sites (tertiary alicyclic amines) is 1. The third-order valence-corrected chi connectivity index (χ3v) is 3.79. The normalized spacial score (nSPS) is 24.9. The van der Waals surface area contributed by atoms with E-state index in [1.165, 1.54) is 0 Å². The van der Waals surface area contributed by atoms with Gasteiger partial charge >= 0.3 is 0 Å². The Kier molecular flexibility index (Phi) is 4.36. The molecule has 2 rings (SSSR count). The van der Waals surface area contributed by atoms with Crippen molar-refractivity contribution >= 4 is 0 Å². The Morgan fingerprint density at radius 3 is 2.78 bits per heavy atom. The van der Waals surface area contributed by atoms with Crippen molar-refractivity contribution in [2.75, 3.05) is 20.1 Å². The molecule has 1 N–H and O–H groups in total. The van der Waals surface area contributed by atoms with Gasteiger partial charge in [0, 0.05) is 24.2 Å². The second kappa shape index (κ2) is 5.81. The van der Waals surface area contributed by atoms with Crippen LogP contribution in [0.5, 0.6) is 0 Å². The molecule has 0 aliphatic carbocycles. The van der Waals surface area contributed by atoms with Gasteiger partial charge in [-0.1, -0.05) is 32.0 Å². The average Bonchev–Trinajstić information content (AvgIpc) is 2.69. The Morgan fingerprint density at radius 1 is 1.39 bits per heavy atom. The summed E-state index contributed by atoms with van der Waals surface area (Å²) in [5, 5.41) is 3.48. The Morgan fingerprint density at radius 2 is 2.11 bits per heavy atom. The van der Waals surface area contributed by atoms with Gasteiger partial charge in [0.25, 0.3) is 0 Å². The van der Waals surface area contributed by atoms with Gasteiger partial charge < -0.3 is 5.32 Å². The van der Waals surface area contributed by atoms with E-state index in [4.69, 9.17) is 0 Å². The number of halogens is 1. The van der Waals surface area contributed by atoms with E-state index >= 15 is 0 Å². The third-order valence-electron chi connectivity index (χ3n) is 3.79. The van der Waals surface area contributed by atoms with Gasteiger partial charge in [-0.15, -0.1) is 0 Å². The summed E-state index contributed by atoms with van der Waals surface area (Å²) >= 11 is 0. The molecule has 100 valence electrons. The second-order valence-electron chi connectivity index (χ2n) is 5.56. The standard InChI is InChI=1S/C15H23FN2/c1-11(2)17-10-12-8-9-18(3)15(12)13-6-4-5-7-14(13)16/h4-7,11-12,15,17H,8-10H2,1-3H3. The van der Waals surface area contributed by atoms with E-state index in [2.05, 4.69) is 31.1 Å². The van der Waals surface area contributed by atoms with Crippen molar-refractivity contribution in [1.29, 1.82) is 0 Å². The predicted octanol–water partition coefficient (Wildman–Crippen LogP) is 2.82. The summed E-state index contributed by atoms with van der Waals surface area (Å²) in [5.41, 5.74) is 0.841. The van der Waals surface area contributed by atoms with Crippen molar-refractivity contribution in [3.05, 3.63) is 35.6 Å². The van der Waals surface area contributed by atoms with Gasteiger partial charge in [0.2, 0.25) is 0 Å². The van der Waals surface area contributed by atoms with Gasteiger partial charge in [-0.05, 0) is 32.0 Å². The molecule has 1 fully saturated rings. The molecule has 18 heavy (non-hydrogen) atoms. The highest BCUT2D eigenvalue weighted by atomic mass is 19.1. The van der Waals surface area contributed by atoms with E-state index in [0.29, 0.717) is 12.0 Å².